The van der Waals surface area contributed by atoms with Gasteiger partial charge in [-0.1, -0.05) is 11.3 Å². The van der Waals surface area contributed by atoms with Gasteiger partial charge in [-0.05, 0) is 19.8 Å². The molecule has 1 unspecified atom stereocenters. The van der Waals surface area contributed by atoms with Gasteiger partial charge in [0.25, 0.3) is 0 Å². The lowest BCUT2D eigenvalue weighted by molar-refractivity contribution is -0.140. The van der Waals surface area contributed by atoms with Crippen LogP contribution in [0.15, 0.2) is 0 Å². The topological polar surface area (TPSA) is 107 Å². The van der Waals surface area contributed by atoms with Crippen molar-refractivity contribution in [1.29, 1.82) is 0 Å². The van der Waals surface area contributed by atoms with E-state index in [1.165, 1.54) is 18.4 Å². The first-order valence-electron chi connectivity index (χ1n) is 6.46. The molecule has 1 aromatic heterocycles. The number of hydrogen-bond acceptors (Lipinski definition) is 7. The van der Waals surface area contributed by atoms with Crippen LogP contribution in [0.1, 0.15) is 37.6 Å². The molecule has 0 saturated carbocycles. The van der Waals surface area contributed by atoms with Gasteiger partial charge in [0.2, 0.25) is 11.0 Å². The fourth-order valence-corrected chi connectivity index (χ4v) is 2.23. The molecule has 1 heterocycles. The molecule has 0 bridgehead atoms. The van der Waals surface area contributed by atoms with Crippen molar-refractivity contribution in [3.63, 3.8) is 0 Å². The summed E-state index contributed by atoms with van der Waals surface area (Å²) in [5.74, 6) is -0.349. The van der Waals surface area contributed by atoms with Crippen LogP contribution in [0.2, 0.25) is 0 Å². The van der Waals surface area contributed by atoms with E-state index in [4.69, 9.17) is 5.73 Å². The molecule has 1 amide bonds. The van der Waals surface area contributed by atoms with Crippen molar-refractivity contribution in [3.8, 4) is 0 Å². The van der Waals surface area contributed by atoms with Gasteiger partial charge in [-0.2, -0.15) is 0 Å². The summed E-state index contributed by atoms with van der Waals surface area (Å²) in [4.78, 5) is 22.5. The lowest BCUT2D eigenvalue weighted by Crippen LogP contribution is -2.19. The minimum Gasteiger partial charge on any atom is -0.469 e. The van der Waals surface area contributed by atoms with Gasteiger partial charge < -0.3 is 15.8 Å². The zero-order valence-corrected chi connectivity index (χ0v) is 12.5. The molecule has 0 aliphatic heterocycles. The third kappa shape index (κ3) is 6.58. The van der Waals surface area contributed by atoms with E-state index in [2.05, 4.69) is 20.3 Å². The lowest BCUT2D eigenvalue weighted by Gasteiger charge is -2.03. The molecule has 3 N–H and O–H groups in total. The number of amides is 1. The van der Waals surface area contributed by atoms with E-state index in [0.29, 0.717) is 37.2 Å². The Hall–Kier alpha value is -1.54. The summed E-state index contributed by atoms with van der Waals surface area (Å²) in [6, 6.07) is 0.00375. The van der Waals surface area contributed by atoms with Crippen LogP contribution in [0.4, 0.5) is 5.13 Å². The second-order valence-corrected chi connectivity index (χ2v) is 5.56. The minimum atomic E-state index is -0.237. The summed E-state index contributed by atoms with van der Waals surface area (Å²) in [5, 5.41) is 11.8. The Labute approximate surface area is 121 Å². The number of hydrogen-bond donors (Lipinski definition) is 2. The predicted molar refractivity (Wildman–Crippen MR) is 76.4 cm³/mol. The molecule has 8 heteroatoms. The standard InChI is InChI=1S/C12H20N4O3S/c1-8(13)6-7-9(17)14-12-16-15-10(20-12)4-3-5-11(18)19-2/h8H,3-7,13H2,1-2H3,(H,14,16,17). The monoisotopic (exact) mass is 300 g/mol. The van der Waals surface area contributed by atoms with Crippen molar-refractivity contribution in [1.82, 2.24) is 10.2 Å². The Morgan fingerprint density at radius 2 is 2.15 bits per heavy atom. The van der Waals surface area contributed by atoms with Gasteiger partial charge >= 0.3 is 5.97 Å². The summed E-state index contributed by atoms with van der Waals surface area (Å²) in [7, 11) is 1.36. The highest BCUT2D eigenvalue weighted by atomic mass is 32.1. The van der Waals surface area contributed by atoms with Crippen LogP contribution < -0.4 is 11.1 Å². The molecular weight excluding hydrogens is 280 g/mol. The van der Waals surface area contributed by atoms with Gasteiger partial charge in [0, 0.05) is 25.3 Å². The highest BCUT2D eigenvalue weighted by molar-refractivity contribution is 7.15. The van der Waals surface area contributed by atoms with E-state index in [-0.39, 0.29) is 17.9 Å². The number of methoxy groups -OCH3 is 1. The molecular formula is C12H20N4O3S. The maximum absolute atomic E-state index is 11.6. The molecule has 0 radical (unpaired) electrons. The lowest BCUT2D eigenvalue weighted by atomic mass is 10.2. The normalized spacial score (nSPS) is 11.9. The van der Waals surface area contributed by atoms with Gasteiger partial charge in [0.15, 0.2) is 0 Å². The minimum absolute atomic E-state index is 0.00375. The predicted octanol–water partition coefficient (Wildman–Crippen LogP) is 1.10. The number of esters is 1. The van der Waals surface area contributed by atoms with Crippen LogP contribution in [-0.4, -0.2) is 35.2 Å². The molecule has 20 heavy (non-hydrogen) atoms. The second kappa shape index (κ2) is 8.60. The van der Waals surface area contributed by atoms with Crippen LogP contribution in [0.25, 0.3) is 0 Å². The first kappa shape index (κ1) is 16.5. The first-order valence-corrected chi connectivity index (χ1v) is 7.27. The Bertz CT molecular complexity index is 448. The van der Waals surface area contributed by atoms with Gasteiger partial charge in [-0.25, -0.2) is 0 Å². The fraction of sp³-hybridized carbons (Fsp3) is 0.667. The third-order valence-corrected chi connectivity index (χ3v) is 3.44. The van der Waals surface area contributed by atoms with Crippen molar-refractivity contribution in [2.75, 3.05) is 12.4 Å². The van der Waals surface area contributed by atoms with Crippen molar-refractivity contribution in [2.24, 2.45) is 5.73 Å². The van der Waals surface area contributed by atoms with Gasteiger partial charge in [0.05, 0.1) is 7.11 Å². The molecule has 1 aromatic rings. The van der Waals surface area contributed by atoms with Gasteiger partial charge in [-0.3, -0.25) is 9.59 Å². The Morgan fingerprint density at radius 1 is 1.40 bits per heavy atom. The van der Waals surface area contributed by atoms with E-state index in [1.54, 1.807) is 0 Å². The number of nitrogens with zero attached hydrogens (tertiary/aromatic N) is 2. The Balaban J connectivity index is 2.32. The Morgan fingerprint density at radius 3 is 2.80 bits per heavy atom. The number of carbonyl (C=O) groups excluding carboxylic acids is 2. The van der Waals surface area contributed by atoms with Crippen LogP contribution in [0.3, 0.4) is 0 Å². The van der Waals surface area contributed by atoms with E-state index in [1.807, 2.05) is 6.92 Å². The molecule has 0 spiro atoms. The maximum Gasteiger partial charge on any atom is 0.305 e. The van der Waals surface area contributed by atoms with Gasteiger partial charge in [0.1, 0.15) is 5.01 Å². The van der Waals surface area contributed by atoms with Crippen molar-refractivity contribution in [3.05, 3.63) is 5.01 Å². The SMILES string of the molecule is COC(=O)CCCc1nnc(NC(=O)CCC(C)N)s1. The van der Waals surface area contributed by atoms with Crippen LogP contribution >= 0.6 is 11.3 Å². The first-order chi connectivity index (χ1) is 9.51. The summed E-state index contributed by atoms with van der Waals surface area (Å²) in [6.45, 7) is 1.86. The van der Waals surface area contributed by atoms with Crippen molar-refractivity contribution < 1.29 is 14.3 Å². The number of aryl methyl sites for hydroxylation is 1. The summed E-state index contributed by atoms with van der Waals surface area (Å²) in [6.07, 6.45) is 2.65. The van der Waals surface area contributed by atoms with E-state index >= 15 is 0 Å². The second-order valence-electron chi connectivity index (χ2n) is 4.49. The van der Waals surface area contributed by atoms with E-state index < -0.39 is 0 Å². The van der Waals surface area contributed by atoms with Crippen molar-refractivity contribution >= 4 is 28.3 Å². The van der Waals surface area contributed by atoms with E-state index in [0.717, 1.165) is 5.01 Å². The molecule has 0 saturated heterocycles. The summed E-state index contributed by atoms with van der Waals surface area (Å²) < 4.78 is 4.55. The largest absolute Gasteiger partial charge is 0.469 e. The van der Waals surface area contributed by atoms with Crippen LogP contribution in [0, 0.1) is 0 Å². The average molecular weight is 300 g/mol. The fourth-order valence-electron chi connectivity index (χ4n) is 1.43. The zero-order valence-electron chi connectivity index (χ0n) is 11.7. The molecule has 7 nitrogen and oxygen atoms in total. The Kier molecular flexibility index (Phi) is 7.10. The highest BCUT2D eigenvalue weighted by Gasteiger charge is 2.09. The number of rotatable bonds is 8. The molecule has 1 atom stereocenters. The number of nitrogens with two attached hydrogens (primary N) is 1. The van der Waals surface area contributed by atoms with Crippen molar-refractivity contribution in [2.45, 2.75) is 45.1 Å². The molecule has 0 aromatic carbocycles. The zero-order chi connectivity index (χ0) is 15.0. The number of carbonyl (C=O) groups is 2. The smallest absolute Gasteiger partial charge is 0.305 e. The van der Waals surface area contributed by atoms with Gasteiger partial charge in [-0.15, -0.1) is 10.2 Å². The maximum atomic E-state index is 11.6. The number of anilines is 1. The van der Waals surface area contributed by atoms with Crippen LogP contribution in [-0.2, 0) is 20.7 Å². The summed E-state index contributed by atoms with van der Waals surface area (Å²) in [5.41, 5.74) is 5.59. The molecule has 0 aliphatic rings. The molecule has 1 rings (SSSR count). The molecule has 112 valence electrons. The number of aromatic nitrogens is 2. The molecule has 0 fully saturated rings. The van der Waals surface area contributed by atoms with E-state index in [9.17, 15) is 9.59 Å². The summed E-state index contributed by atoms with van der Waals surface area (Å²) >= 11 is 1.32. The number of nitrogens with one attached hydrogen (secondary N) is 1. The quantitative estimate of drug-likeness (QED) is 0.696. The highest BCUT2D eigenvalue weighted by Crippen LogP contribution is 2.17. The molecule has 0 aliphatic carbocycles. The third-order valence-electron chi connectivity index (χ3n) is 2.54. The van der Waals surface area contributed by atoms with Crippen LogP contribution in [0.5, 0.6) is 0 Å². The average Bonchev–Trinajstić information content (AvgIpc) is 2.83. The number of ether oxygens (including phenoxy) is 1.